The second kappa shape index (κ2) is 6.36. The molecule has 0 aromatic heterocycles. The van der Waals surface area contributed by atoms with Crippen molar-refractivity contribution in [2.45, 2.75) is 0 Å². The van der Waals surface area contributed by atoms with Gasteiger partial charge in [0.1, 0.15) is 0 Å². The van der Waals surface area contributed by atoms with Gasteiger partial charge in [0, 0.05) is 0 Å². The molecule has 0 aliphatic rings. The molecule has 9 heteroatoms. The SMILES string of the molecule is O.O=C(O)OP(=O)(O)O.[Ca+2].[H-].[H-]. The van der Waals surface area contributed by atoms with E-state index in [1.165, 1.54) is 0 Å². The van der Waals surface area contributed by atoms with Crippen molar-refractivity contribution < 1.29 is 37.1 Å². The first-order chi connectivity index (χ1) is 3.42. The van der Waals surface area contributed by atoms with Crippen molar-refractivity contribution in [3.8, 4) is 0 Å². The number of carboxylic acid groups (broad SMARTS) is 1. The Hall–Kier alpha value is 0.640. The topological polar surface area (TPSA) is 136 Å². The smallest absolute Gasteiger partial charge is 1.00 e. The van der Waals surface area contributed by atoms with Gasteiger partial charge < -0.3 is 18.0 Å². The summed E-state index contributed by atoms with van der Waals surface area (Å²) in [5, 5.41) is 7.53. The molecule has 5 N–H and O–H groups in total. The average molecular weight is 202 g/mol. The maximum atomic E-state index is 9.53. The Morgan fingerprint density at radius 2 is 1.80 bits per heavy atom. The molecule has 0 amide bonds. The van der Waals surface area contributed by atoms with Crippen LogP contribution in [0.3, 0.4) is 0 Å². The maximum Gasteiger partial charge on any atom is 2.00 e. The third-order valence-electron chi connectivity index (χ3n) is 0.197. The van der Waals surface area contributed by atoms with Gasteiger partial charge in [-0.2, -0.15) is 0 Å². The molecule has 0 spiro atoms. The van der Waals surface area contributed by atoms with Gasteiger partial charge in [-0.15, -0.1) is 0 Å². The Labute approximate surface area is 88.5 Å². The number of rotatable bonds is 1. The largest absolute Gasteiger partial charge is 2.00 e. The van der Waals surface area contributed by atoms with Gasteiger partial charge in [0.15, 0.2) is 0 Å². The second-order valence-electron chi connectivity index (χ2n) is 0.848. The van der Waals surface area contributed by atoms with E-state index in [0.29, 0.717) is 0 Å². The van der Waals surface area contributed by atoms with Crippen molar-refractivity contribution >= 4 is 51.7 Å². The van der Waals surface area contributed by atoms with Crippen molar-refractivity contribution in [3.05, 3.63) is 0 Å². The van der Waals surface area contributed by atoms with Crippen LogP contribution in [0.25, 0.3) is 0 Å². The van der Waals surface area contributed by atoms with E-state index in [4.69, 9.17) is 14.9 Å². The Morgan fingerprint density at radius 1 is 1.50 bits per heavy atom. The molecule has 0 aliphatic carbocycles. The number of hydrogen-bond donors (Lipinski definition) is 3. The van der Waals surface area contributed by atoms with Gasteiger partial charge in [-0.05, 0) is 0 Å². The van der Waals surface area contributed by atoms with E-state index in [1.807, 2.05) is 0 Å². The summed E-state index contributed by atoms with van der Waals surface area (Å²) in [5.74, 6) is 0. The van der Waals surface area contributed by atoms with Crippen molar-refractivity contribution in [1.29, 1.82) is 0 Å². The summed E-state index contributed by atoms with van der Waals surface area (Å²) in [4.78, 5) is 24.7. The first kappa shape index (κ1) is 16.9. The Kier molecular flexibility index (Phi) is 10.8. The van der Waals surface area contributed by atoms with E-state index in [-0.39, 0.29) is 46.1 Å². The molecule has 0 heterocycles. The van der Waals surface area contributed by atoms with E-state index < -0.39 is 14.0 Å². The standard InChI is InChI=1S/CH3O6P.Ca.H2O.2H/c2-1(3)7-8(4,5)6;;;;/h(H,2,3)(H2,4,5,6);;1H2;;/q;+2;;2*-1. The summed E-state index contributed by atoms with van der Waals surface area (Å²) < 4.78 is 12.6. The van der Waals surface area contributed by atoms with E-state index in [0.717, 1.165) is 0 Å². The zero-order valence-corrected chi connectivity index (χ0v) is 7.82. The quantitative estimate of drug-likeness (QED) is 0.360. The fraction of sp³-hybridized carbons (Fsp3) is 0. The van der Waals surface area contributed by atoms with Gasteiger partial charge in [-0.1, -0.05) is 0 Å². The third-order valence-corrected chi connectivity index (χ3v) is 0.591. The minimum atomic E-state index is -4.82. The third kappa shape index (κ3) is 15.9. The summed E-state index contributed by atoms with van der Waals surface area (Å²) in [6.45, 7) is 0. The summed E-state index contributed by atoms with van der Waals surface area (Å²) in [5.41, 5.74) is 0. The van der Waals surface area contributed by atoms with Crippen molar-refractivity contribution in [3.63, 3.8) is 0 Å². The molecular formula is CH7CaO7P. The van der Waals surface area contributed by atoms with Crippen LogP contribution in [0.15, 0.2) is 0 Å². The summed E-state index contributed by atoms with van der Waals surface area (Å²) in [7, 11) is -4.82. The van der Waals surface area contributed by atoms with Crippen molar-refractivity contribution in [2.75, 3.05) is 0 Å². The second-order valence-corrected chi connectivity index (χ2v) is 2.01. The van der Waals surface area contributed by atoms with Crippen LogP contribution in [0.5, 0.6) is 0 Å². The molecular weight excluding hydrogens is 195 g/mol. The summed E-state index contributed by atoms with van der Waals surface area (Å²) in [6, 6.07) is 0. The van der Waals surface area contributed by atoms with Crippen LogP contribution in [-0.2, 0) is 9.09 Å². The predicted octanol–water partition coefficient (Wildman–Crippen LogP) is -1.21. The average Bonchev–Trinajstić information content (AvgIpc) is 1.21. The van der Waals surface area contributed by atoms with E-state index in [2.05, 4.69) is 4.52 Å². The molecule has 0 aromatic rings. The van der Waals surface area contributed by atoms with Crippen LogP contribution >= 0.6 is 7.82 Å². The molecule has 10 heavy (non-hydrogen) atoms. The molecule has 0 bridgehead atoms. The molecule has 0 atom stereocenters. The first-order valence-corrected chi connectivity index (χ1v) is 2.93. The first-order valence-electron chi connectivity index (χ1n) is 1.40. The fourth-order valence-electron chi connectivity index (χ4n) is 0.102. The Bertz CT molecular complexity index is 144. The fourth-order valence-corrected chi connectivity index (χ4v) is 0.305. The minimum Gasteiger partial charge on any atom is -1.00 e. The van der Waals surface area contributed by atoms with Crippen LogP contribution in [0, 0.1) is 0 Å². The van der Waals surface area contributed by atoms with Gasteiger partial charge in [0.25, 0.3) is 0 Å². The number of carbonyl (C=O) groups is 1. The minimum absolute atomic E-state index is 0. The van der Waals surface area contributed by atoms with Gasteiger partial charge in [0.2, 0.25) is 0 Å². The molecule has 0 aromatic carbocycles. The molecule has 0 unspecified atom stereocenters. The van der Waals surface area contributed by atoms with Gasteiger partial charge in [-0.25, -0.2) is 9.36 Å². The van der Waals surface area contributed by atoms with E-state index in [1.54, 1.807) is 0 Å². The molecule has 7 nitrogen and oxygen atoms in total. The van der Waals surface area contributed by atoms with Crippen LogP contribution in [-0.4, -0.2) is 64.3 Å². The number of phosphoric ester groups is 1. The van der Waals surface area contributed by atoms with Gasteiger partial charge in [-0.3, -0.25) is 9.79 Å². The molecule has 60 valence electrons. The summed E-state index contributed by atoms with van der Waals surface area (Å²) >= 11 is 0. The normalized spacial score (nSPS) is 8.60. The Morgan fingerprint density at radius 3 is 1.80 bits per heavy atom. The molecule has 0 fully saturated rings. The van der Waals surface area contributed by atoms with Crippen molar-refractivity contribution in [2.24, 2.45) is 0 Å². The molecule has 0 aliphatic heterocycles. The monoisotopic (exact) mass is 202 g/mol. The zero-order chi connectivity index (χ0) is 6.78. The predicted molar refractivity (Wildman–Crippen MR) is 32.7 cm³/mol. The van der Waals surface area contributed by atoms with Crippen LogP contribution in [0.4, 0.5) is 4.79 Å². The van der Waals surface area contributed by atoms with Crippen LogP contribution in [0.2, 0.25) is 0 Å². The van der Waals surface area contributed by atoms with E-state index >= 15 is 0 Å². The molecule has 0 saturated carbocycles. The van der Waals surface area contributed by atoms with Gasteiger partial charge >= 0.3 is 51.7 Å². The maximum absolute atomic E-state index is 9.53. The van der Waals surface area contributed by atoms with Crippen LogP contribution < -0.4 is 0 Å². The zero-order valence-electron chi connectivity index (χ0n) is 6.72. The van der Waals surface area contributed by atoms with Gasteiger partial charge in [0.05, 0.1) is 0 Å². The van der Waals surface area contributed by atoms with Crippen LogP contribution in [0.1, 0.15) is 2.85 Å². The van der Waals surface area contributed by atoms with E-state index in [9.17, 15) is 9.36 Å². The Balaban J connectivity index is -0.0000000408. The molecule has 0 rings (SSSR count). The summed E-state index contributed by atoms with van der Waals surface area (Å²) in [6.07, 6.45) is -1.99. The molecule has 0 saturated heterocycles. The van der Waals surface area contributed by atoms with Crippen molar-refractivity contribution in [1.82, 2.24) is 0 Å². The number of hydrogen-bond acceptors (Lipinski definition) is 3. The number of phosphoric acid groups is 1. The molecule has 0 radical (unpaired) electrons.